The Morgan fingerprint density at radius 2 is 1.41 bits per heavy atom. The summed E-state index contributed by atoms with van der Waals surface area (Å²) in [5, 5.41) is 11.6. The van der Waals surface area contributed by atoms with Gasteiger partial charge in [-0.15, -0.1) is 0 Å². The topological polar surface area (TPSA) is 94.5 Å². The van der Waals surface area contributed by atoms with Gasteiger partial charge in [-0.1, -0.05) is 37.3 Å². The zero-order valence-electron chi connectivity index (χ0n) is 21.4. The van der Waals surface area contributed by atoms with Crippen molar-refractivity contribution in [1.29, 1.82) is 0 Å². The fourth-order valence-corrected chi connectivity index (χ4v) is 4.50. The minimum atomic E-state index is -0.933. The molecule has 1 unspecified atom stereocenters. The molecule has 1 saturated heterocycles. The standard InChI is InChI=1S/C29H29NO7/c1-6-17-10-12-18(13-11-17)26-25(27(31)24-22(36-4)8-7-9-23(24)37-5)28(32)29(33)30(26)19-14-20(34-2)16-21(15-19)35-3/h7-16,26,31H,6H2,1-5H3/b27-25+. The van der Waals surface area contributed by atoms with Crippen LogP contribution in [0.1, 0.15) is 29.7 Å². The van der Waals surface area contributed by atoms with Crippen LogP contribution in [0.15, 0.2) is 66.2 Å². The maximum atomic E-state index is 13.6. The lowest BCUT2D eigenvalue weighted by atomic mass is 9.93. The van der Waals surface area contributed by atoms with Crippen LogP contribution < -0.4 is 23.8 Å². The number of benzene rings is 3. The summed E-state index contributed by atoms with van der Waals surface area (Å²) < 4.78 is 21.7. The molecule has 8 heteroatoms. The number of aliphatic hydroxyl groups is 1. The number of anilines is 1. The van der Waals surface area contributed by atoms with E-state index in [2.05, 4.69) is 0 Å². The average molecular weight is 504 g/mol. The van der Waals surface area contributed by atoms with Crippen LogP contribution in [-0.4, -0.2) is 45.2 Å². The van der Waals surface area contributed by atoms with E-state index < -0.39 is 23.5 Å². The van der Waals surface area contributed by atoms with Crippen LogP contribution in [0, 0.1) is 0 Å². The van der Waals surface area contributed by atoms with Crippen molar-refractivity contribution in [3.05, 3.63) is 82.9 Å². The number of methoxy groups -OCH3 is 4. The molecule has 1 heterocycles. The molecule has 1 N–H and O–H groups in total. The molecule has 192 valence electrons. The lowest BCUT2D eigenvalue weighted by Gasteiger charge is -2.26. The fourth-order valence-electron chi connectivity index (χ4n) is 4.50. The van der Waals surface area contributed by atoms with Gasteiger partial charge in [-0.25, -0.2) is 0 Å². The van der Waals surface area contributed by atoms with Gasteiger partial charge in [-0.05, 0) is 29.7 Å². The zero-order chi connectivity index (χ0) is 26.7. The maximum absolute atomic E-state index is 13.6. The fraction of sp³-hybridized carbons (Fsp3) is 0.241. The van der Waals surface area contributed by atoms with E-state index in [-0.39, 0.29) is 11.1 Å². The summed E-state index contributed by atoms with van der Waals surface area (Å²) in [5.74, 6) is -0.538. The number of nitrogens with zero attached hydrogens (tertiary/aromatic N) is 1. The van der Waals surface area contributed by atoms with E-state index in [1.807, 2.05) is 31.2 Å². The van der Waals surface area contributed by atoms with Crippen LogP contribution in [0.4, 0.5) is 5.69 Å². The number of carbonyl (C=O) groups is 2. The number of Topliss-reactive ketones (excluding diaryl/α,β-unsaturated/α-hetero) is 1. The first-order chi connectivity index (χ1) is 17.9. The van der Waals surface area contributed by atoms with E-state index in [0.717, 1.165) is 12.0 Å². The summed E-state index contributed by atoms with van der Waals surface area (Å²) >= 11 is 0. The molecule has 0 spiro atoms. The van der Waals surface area contributed by atoms with Crippen molar-refractivity contribution < 1.29 is 33.6 Å². The molecule has 0 aliphatic carbocycles. The van der Waals surface area contributed by atoms with Crippen molar-refractivity contribution in [3.8, 4) is 23.0 Å². The predicted molar refractivity (Wildman–Crippen MR) is 140 cm³/mol. The van der Waals surface area contributed by atoms with E-state index in [9.17, 15) is 14.7 Å². The van der Waals surface area contributed by atoms with Gasteiger partial charge in [0.25, 0.3) is 11.7 Å². The van der Waals surface area contributed by atoms with Gasteiger partial charge in [0.15, 0.2) is 0 Å². The molecule has 1 atom stereocenters. The highest BCUT2D eigenvalue weighted by atomic mass is 16.5. The van der Waals surface area contributed by atoms with Gasteiger partial charge in [0.2, 0.25) is 0 Å². The second-order valence-corrected chi connectivity index (χ2v) is 8.37. The number of aryl methyl sites for hydroxylation is 1. The molecule has 0 aromatic heterocycles. The molecule has 0 radical (unpaired) electrons. The third kappa shape index (κ3) is 4.58. The second-order valence-electron chi connectivity index (χ2n) is 8.37. The third-order valence-corrected chi connectivity index (χ3v) is 6.43. The number of ether oxygens (including phenoxy) is 4. The Balaban J connectivity index is 2.02. The van der Waals surface area contributed by atoms with Gasteiger partial charge >= 0.3 is 0 Å². The predicted octanol–water partition coefficient (Wildman–Crippen LogP) is 4.91. The summed E-state index contributed by atoms with van der Waals surface area (Å²) in [6.07, 6.45) is 0.825. The summed E-state index contributed by atoms with van der Waals surface area (Å²) in [4.78, 5) is 28.5. The minimum absolute atomic E-state index is 0.0844. The first kappa shape index (κ1) is 25.6. The van der Waals surface area contributed by atoms with E-state index >= 15 is 0 Å². The SMILES string of the molecule is CCc1ccc(C2/C(=C(\O)c3c(OC)cccc3OC)C(=O)C(=O)N2c2cc(OC)cc(OC)c2)cc1. The lowest BCUT2D eigenvalue weighted by Crippen LogP contribution is -2.29. The van der Waals surface area contributed by atoms with Crippen molar-refractivity contribution in [1.82, 2.24) is 0 Å². The monoisotopic (exact) mass is 503 g/mol. The molecule has 4 rings (SSSR count). The molecule has 3 aromatic carbocycles. The Hall–Kier alpha value is -4.46. The van der Waals surface area contributed by atoms with Gasteiger partial charge < -0.3 is 24.1 Å². The van der Waals surface area contributed by atoms with E-state index in [1.165, 1.54) is 33.3 Å². The van der Waals surface area contributed by atoms with Crippen molar-refractivity contribution in [2.75, 3.05) is 33.3 Å². The Kier molecular flexibility index (Phi) is 7.38. The molecule has 8 nitrogen and oxygen atoms in total. The second kappa shape index (κ2) is 10.7. The molecule has 37 heavy (non-hydrogen) atoms. The van der Waals surface area contributed by atoms with E-state index in [0.29, 0.717) is 34.2 Å². The van der Waals surface area contributed by atoms with Gasteiger partial charge in [0, 0.05) is 18.2 Å². The Morgan fingerprint density at radius 1 is 0.838 bits per heavy atom. The molecular weight excluding hydrogens is 474 g/mol. The lowest BCUT2D eigenvalue weighted by molar-refractivity contribution is -0.132. The van der Waals surface area contributed by atoms with Crippen molar-refractivity contribution in [3.63, 3.8) is 0 Å². The number of hydrogen-bond acceptors (Lipinski definition) is 7. The van der Waals surface area contributed by atoms with Crippen molar-refractivity contribution in [2.45, 2.75) is 19.4 Å². The molecule has 1 aliphatic heterocycles. The van der Waals surface area contributed by atoms with Crippen LogP contribution >= 0.6 is 0 Å². The molecular formula is C29H29NO7. The summed E-state index contributed by atoms with van der Waals surface area (Å²) in [6.45, 7) is 2.04. The average Bonchev–Trinajstić information content (AvgIpc) is 3.21. The van der Waals surface area contributed by atoms with Gasteiger partial charge in [-0.2, -0.15) is 0 Å². The number of ketones is 1. The van der Waals surface area contributed by atoms with Gasteiger partial charge in [-0.3, -0.25) is 14.5 Å². The summed E-state index contributed by atoms with van der Waals surface area (Å²) in [7, 11) is 5.91. The first-order valence-electron chi connectivity index (χ1n) is 11.7. The van der Waals surface area contributed by atoms with E-state index in [1.54, 1.807) is 36.4 Å². The number of rotatable bonds is 8. The van der Waals surface area contributed by atoms with Crippen LogP contribution in [0.2, 0.25) is 0 Å². The highest BCUT2D eigenvalue weighted by Crippen LogP contribution is 2.46. The highest BCUT2D eigenvalue weighted by molar-refractivity contribution is 6.51. The number of amides is 1. The largest absolute Gasteiger partial charge is 0.506 e. The first-order valence-corrected chi connectivity index (χ1v) is 11.7. The van der Waals surface area contributed by atoms with E-state index in [4.69, 9.17) is 18.9 Å². The van der Waals surface area contributed by atoms with Crippen LogP contribution in [0.5, 0.6) is 23.0 Å². The minimum Gasteiger partial charge on any atom is -0.506 e. The zero-order valence-corrected chi connectivity index (χ0v) is 21.4. The molecule has 1 aliphatic rings. The van der Waals surface area contributed by atoms with Gasteiger partial charge in [0.1, 0.15) is 34.3 Å². The van der Waals surface area contributed by atoms with Crippen LogP contribution in [0.25, 0.3) is 5.76 Å². The quantitative estimate of drug-likeness (QED) is 0.265. The molecule has 1 amide bonds. The Bertz CT molecular complexity index is 1320. The van der Waals surface area contributed by atoms with Crippen LogP contribution in [-0.2, 0) is 16.0 Å². The Labute approximate surface area is 215 Å². The van der Waals surface area contributed by atoms with Crippen molar-refractivity contribution in [2.24, 2.45) is 0 Å². The van der Waals surface area contributed by atoms with Crippen molar-refractivity contribution >= 4 is 23.1 Å². The maximum Gasteiger partial charge on any atom is 0.300 e. The molecule has 0 saturated carbocycles. The summed E-state index contributed by atoms with van der Waals surface area (Å²) in [5.41, 5.74) is 2.22. The number of aliphatic hydroxyl groups excluding tert-OH is 1. The molecule has 3 aromatic rings. The molecule has 0 bridgehead atoms. The highest BCUT2D eigenvalue weighted by Gasteiger charge is 2.47. The normalized spacial score (nSPS) is 16.6. The van der Waals surface area contributed by atoms with Crippen LogP contribution in [0.3, 0.4) is 0 Å². The number of hydrogen-bond donors (Lipinski definition) is 1. The third-order valence-electron chi connectivity index (χ3n) is 6.43. The molecule has 1 fully saturated rings. The smallest absolute Gasteiger partial charge is 0.300 e. The number of carbonyl (C=O) groups excluding carboxylic acids is 2. The van der Waals surface area contributed by atoms with Gasteiger partial charge in [0.05, 0.1) is 45.7 Å². The summed E-state index contributed by atoms with van der Waals surface area (Å²) in [6, 6.07) is 16.6. The Morgan fingerprint density at radius 3 is 1.89 bits per heavy atom.